The van der Waals surface area contributed by atoms with Crippen molar-refractivity contribution in [1.29, 1.82) is 0 Å². The molecule has 2 aromatic rings. The van der Waals surface area contributed by atoms with Crippen LogP contribution >= 0.6 is 0 Å². The number of hydrogen-bond donors (Lipinski definition) is 1. The van der Waals surface area contributed by atoms with E-state index in [4.69, 9.17) is 14.9 Å². The highest BCUT2D eigenvalue weighted by atomic mass is 19.3. The average Bonchev–Trinajstić information content (AvgIpc) is 3.14. The Kier molecular flexibility index (Phi) is 3.08. The summed E-state index contributed by atoms with van der Waals surface area (Å²) < 4.78 is 36.3. The van der Waals surface area contributed by atoms with E-state index in [0.29, 0.717) is 18.3 Å². The van der Waals surface area contributed by atoms with Crippen molar-refractivity contribution in [3.8, 4) is 5.75 Å². The highest BCUT2D eigenvalue weighted by molar-refractivity contribution is 6.06. The Morgan fingerprint density at radius 2 is 2.20 bits per heavy atom. The van der Waals surface area contributed by atoms with E-state index in [1.165, 1.54) is 12.1 Å². The van der Waals surface area contributed by atoms with Gasteiger partial charge in [-0.15, -0.1) is 0 Å². The lowest BCUT2D eigenvalue weighted by Crippen LogP contribution is -2.12. The zero-order chi connectivity index (χ0) is 14.3. The number of carbonyl (C=O) groups excluding carboxylic acids is 1. The number of benzene rings is 1. The first kappa shape index (κ1) is 12.9. The molecule has 3 rings (SSSR count). The van der Waals surface area contributed by atoms with Crippen LogP contribution in [-0.4, -0.2) is 12.5 Å². The Morgan fingerprint density at radius 1 is 1.45 bits per heavy atom. The molecule has 1 aromatic carbocycles. The molecule has 1 aliphatic rings. The zero-order valence-electron chi connectivity index (χ0n) is 10.6. The molecule has 1 amide bonds. The number of primary amides is 1. The highest BCUT2D eigenvalue weighted by Gasteiger charge is 2.26. The van der Waals surface area contributed by atoms with Crippen LogP contribution in [0.2, 0.25) is 0 Å². The van der Waals surface area contributed by atoms with Crippen LogP contribution in [0.3, 0.4) is 0 Å². The number of ether oxygens (including phenoxy) is 1. The van der Waals surface area contributed by atoms with Crippen molar-refractivity contribution in [3.63, 3.8) is 0 Å². The van der Waals surface area contributed by atoms with Crippen molar-refractivity contribution < 1.29 is 22.7 Å². The number of nitrogens with two attached hydrogens (primary N) is 1. The first-order valence-electron chi connectivity index (χ1n) is 6.33. The number of furan rings is 1. The fraction of sp³-hybridized carbons (Fsp3) is 0.357. The van der Waals surface area contributed by atoms with Gasteiger partial charge in [0.15, 0.2) is 5.76 Å². The molecule has 1 heterocycles. The van der Waals surface area contributed by atoms with Crippen LogP contribution in [0.1, 0.15) is 35.4 Å². The third-order valence-electron chi connectivity index (χ3n) is 3.31. The number of rotatable bonds is 5. The van der Waals surface area contributed by atoms with Gasteiger partial charge in [0.2, 0.25) is 0 Å². The predicted octanol–water partition coefficient (Wildman–Crippen LogP) is 3.26. The number of carbonyl (C=O) groups is 1. The fourth-order valence-corrected chi connectivity index (χ4v) is 2.09. The van der Waals surface area contributed by atoms with Gasteiger partial charge in [-0.05, 0) is 37.0 Å². The molecule has 0 atom stereocenters. The van der Waals surface area contributed by atoms with Gasteiger partial charge < -0.3 is 14.9 Å². The summed E-state index contributed by atoms with van der Waals surface area (Å²) in [5, 5.41) is 0.265. The van der Waals surface area contributed by atoms with Gasteiger partial charge in [-0.3, -0.25) is 4.79 Å². The van der Waals surface area contributed by atoms with E-state index < -0.39 is 18.1 Å². The first-order chi connectivity index (χ1) is 9.56. The molecule has 0 spiro atoms. The normalized spacial score (nSPS) is 14.9. The second-order valence-electron chi connectivity index (χ2n) is 4.92. The summed E-state index contributed by atoms with van der Waals surface area (Å²) in [7, 11) is 0. The Hall–Kier alpha value is -2.11. The number of hydrogen-bond acceptors (Lipinski definition) is 3. The molecule has 106 valence electrons. The fourth-order valence-electron chi connectivity index (χ4n) is 2.09. The summed E-state index contributed by atoms with van der Waals surface area (Å²) in [5.74, 6) is -0.527. The standard InChI is InChI=1S/C14H13F2NO3/c15-13(16)12-11(14(17)18)9-5-8(3-4-10(9)20-12)19-6-7-1-2-7/h3-5,7,13H,1-2,6H2,(H2,17,18). The molecule has 1 saturated carbocycles. The summed E-state index contributed by atoms with van der Waals surface area (Å²) in [5.41, 5.74) is 5.10. The van der Waals surface area contributed by atoms with Crippen molar-refractivity contribution in [2.75, 3.05) is 6.61 Å². The maximum absolute atomic E-state index is 12.9. The van der Waals surface area contributed by atoms with Gasteiger partial charge in [0.1, 0.15) is 11.3 Å². The summed E-state index contributed by atoms with van der Waals surface area (Å²) in [6.07, 6.45) is -0.591. The molecule has 1 fully saturated rings. The van der Waals surface area contributed by atoms with E-state index in [9.17, 15) is 13.6 Å². The molecule has 0 aliphatic heterocycles. The lowest BCUT2D eigenvalue weighted by Gasteiger charge is -2.04. The van der Waals surface area contributed by atoms with Crippen molar-refractivity contribution in [3.05, 3.63) is 29.5 Å². The summed E-state index contributed by atoms with van der Waals surface area (Å²) in [4.78, 5) is 11.4. The van der Waals surface area contributed by atoms with Crippen LogP contribution in [0, 0.1) is 5.92 Å². The van der Waals surface area contributed by atoms with Crippen LogP contribution in [-0.2, 0) is 0 Å². The van der Waals surface area contributed by atoms with Crippen molar-refractivity contribution in [1.82, 2.24) is 0 Å². The van der Waals surface area contributed by atoms with Crippen molar-refractivity contribution >= 4 is 16.9 Å². The van der Waals surface area contributed by atoms with E-state index in [2.05, 4.69) is 0 Å². The minimum absolute atomic E-state index is 0.202. The molecule has 0 unspecified atom stereocenters. The Balaban J connectivity index is 2.01. The number of alkyl halides is 2. The van der Waals surface area contributed by atoms with E-state index in [0.717, 1.165) is 12.8 Å². The molecular formula is C14H13F2NO3. The molecule has 0 radical (unpaired) electrons. The Bertz CT molecular complexity index is 662. The molecule has 4 nitrogen and oxygen atoms in total. The maximum Gasteiger partial charge on any atom is 0.296 e. The van der Waals surface area contributed by atoms with Gasteiger partial charge in [0, 0.05) is 5.39 Å². The molecule has 0 bridgehead atoms. The van der Waals surface area contributed by atoms with Gasteiger partial charge in [0.05, 0.1) is 12.2 Å². The van der Waals surface area contributed by atoms with Gasteiger partial charge in [-0.1, -0.05) is 0 Å². The third-order valence-corrected chi connectivity index (χ3v) is 3.31. The quantitative estimate of drug-likeness (QED) is 0.914. The Morgan fingerprint density at radius 3 is 2.80 bits per heavy atom. The largest absolute Gasteiger partial charge is 0.493 e. The van der Waals surface area contributed by atoms with Gasteiger partial charge in [0.25, 0.3) is 12.3 Å². The lowest BCUT2D eigenvalue weighted by molar-refractivity contribution is 0.0967. The second-order valence-corrected chi connectivity index (χ2v) is 4.92. The molecule has 20 heavy (non-hydrogen) atoms. The van der Waals surface area contributed by atoms with Crippen molar-refractivity contribution in [2.24, 2.45) is 11.7 Å². The van der Waals surface area contributed by atoms with Crippen LogP contribution in [0.5, 0.6) is 5.75 Å². The van der Waals surface area contributed by atoms with Crippen LogP contribution in [0.4, 0.5) is 8.78 Å². The second kappa shape index (κ2) is 4.77. The summed E-state index contributed by atoms with van der Waals surface area (Å²) in [6.45, 7) is 0.594. The SMILES string of the molecule is NC(=O)c1c(C(F)F)oc2ccc(OCC3CC3)cc12. The maximum atomic E-state index is 12.9. The summed E-state index contributed by atoms with van der Waals surface area (Å²) in [6, 6.07) is 4.66. The van der Waals surface area contributed by atoms with Crippen LogP contribution in [0.15, 0.2) is 22.6 Å². The third kappa shape index (κ3) is 2.33. The van der Waals surface area contributed by atoms with Crippen LogP contribution < -0.4 is 10.5 Å². The minimum atomic E-state index is -2.89. The van der Waals surface area contributed by atoms with Crippen LogP contribution in [0.25, 0.3) is 11.0 Å². The molecule has 6 heteroatoms. The molecule has 0 saturated heterocycles. The lowest BCUT2D eigenvalue weighted by atomic mass is 10.1. The topological polar surface area (TPSA) is 65.5 Å². The van der Waals surface area contributed by atoms with Gasteiger partial charge in [-0.25, -0.2) is 8.78 Å². The Labute approximate surface area is 113 Å². The number of fused-ring (bicyclic) bond motifs is 1. The molecule has 1 aromatic heterocycles. The summed E-state index contributed by atoms with van der Waals surface area (Å²) >= 11 is 0. The van der Waals surface area contributed by atoms with E-state index >= 15 is 0 Å². The van der Waals surface area contributed by atoms with E-state index in [-0.39, 0.29) is 16.5 Å². The van der Waals surface area contributed by atoms with Crippen molar-refractivity contribution in [2.45, 2.75) is 19.3 Å². The van der Waals surface area contributed by atoms with E-state index in [1.807, 2.05) is 0 Å². The monoisotopic (exact) mass is 281 g/mol. The zero-order valence-corrected chi connectivity index (χ0v) is 10.6. The number of amides is 1. The first-order valence-corrected chi connectivity index (χ1v) is 6.33. The molecule has 1 aliphatic carbocycles. The smallest absolute Gasteiger partial charge is 0.296 e. The predicted molar refractivity (Wildman–Crippen MR) is 67.9 cm³/mol. The van der Waals surface area contributed by atoms with Gasteiger partial charge >= 0.3 is 0 Å². The van der Waals surface area contributed by atoms with E-state index in [1.54, 1.807) is 6.07 Å². The minimum Gasteiger partial charge on any atom is -0.493 e. The average molecular weight is 281 g/mol. The molecular weight excluding hydrogens is 268 g/mol. The number of halogens is 2. The molecule has 2 N–H and O–H groups in total. The highest BCUT2D eigenvalue weighted by Crippen LogP contribution is 2.35. The van der Waals surface area contributed by atoms with Gasteiger partial charge in [-0.2, -0.15) is 0 Å².